The fourth-order valence-electron chi connectivity index (χ4n) is 2.00. The minimum Gasteiger partial charge on any atom is -0.400 e. The summed E-state index contributed by atoms with van der Waals surface area (Å²) in [7, 11) is 1.00. The Hall–Kier alpha value is -2.30. The van der Waals surface area contributed by atoms with E-state index in [4.69, 9.17) is 45.3 Å². The summed E-state index contributed by atoms with van der Waals surface area (Å²) in [6.07, 6.45) is 0.535. The minimum absolute atomic E-state index is 0.222. The number of hydrogen-bond donors (Lipinski definition) is 2. The summed E-state index contributed by atoms with van der Waals surface area (Å²) in [5, 5.41) is 31.2. The van der Waals surface area contributed by atoms with Crippen LogP contribution in [0.5, 0.6) is 0 Å². The molecular weight excluding hydrogens is 423 g/mol. The molecule has 0 heterocycles. The summed E-state index contributed by atoms with van der Waals surface area (Å²) in [4.78, 5) is 11.0. The molecule has 0 aromatic heterocycles. The van der Waals surface area contributed by atoms with E-state index in [1.54, 1.807) is 24.3 Å². The number of amides is 1. The quantitative estimate of drug-likeness (QED) is 0.435. The van der Waals surface area contributed by atoms with Crippen molar-refractivity contribution in [2.24, 2.45) is 10.2 Å². The van der Waals surface area contributed by atoms with Crippen LogP contribution < -0.4 is 0 Å². The van der Waals surface area contributed by atoms with Crippen LogP contribution in [-0.4, -0.2) is 24.3 Å². The van der Waals surface area contributed by atoms with Gasteiger partial charge in [-0.2, -0.15) is 5.26 Å². The first-order valence-corrected chi connectivity index (χ1v) is 9.14. The Bertz CT molecular complexity index is 839. The molecule has 6 nitrogen and oxygen atoms in total. The SMILES string of the molecule is CC.CO.N#CC(c1ccc(Cl)cc1)c1c(Cl)cc(N=NC(=O)C=N)cc1Cl. The Morgan fingerprint density at radius 3 is 2.07 bits per heavy atom. The molecule has 148 valence electrons. The lowest BCUT2D eigenvalue weighted by molar-refractivity contribution is -0.111. The van der Waals surface area contributed by atoms with Crippen LogP contribution in [0.1, 0.15) is 30.9 Å². The molecule has 28 heavy (non-hydrogen) atoms. The van der Waals surface area contributed by atoms with Gasteiger partial charge < -0.3 is 10.5 Å². The Morgan fingerprint density at radius 1 is 1.14 bits per heavy atom. The maximum Gasteiger partial charge on any atom is 0.305 e. The van der Waals surface area contributed by atoms with Crippen LogP contribution in [0.2, 0.25) is 15.1 Å². The Labute approximate surface area is 178 Å². The van der Waals surface area contributed by atoms with Gasteiger partial charge in [-0.05, 0) is 29.8 Å². The standard InChI is InChI=1S/C16H9Cl3N4O.C2H6.CH4O/c17-10-3-1-9(2-4-10)12(7-20)16-13(18)5-11(6-14(16)19)22-23-15(24)8-21;2*1-2/h1-6,8,12,21H;1-2H3;2H,1H3. The topological polar surface area (TPSA) is 110 Å². The van der Waals surface area contributed by atoms with Crippen LogP contribution in [0.4, 0.5) is 5.69 Å². The number of nitrogens with zero attached hydrogens (tertiary/aromatic N) is 3. The molecule has 0 radical (unpaired) electrons. The highest BCUT2D eigenvalue weighted by Crippen LogP contribution is 2.38. The van der Waals surface area contributed by atoms with Crippen molar-refractivity contribution in [2.75, 3.05) is 7.11 Å². The number of carbonyl (C=O) groups is 1. The van der Waals surface area contributed by atoms with E-state index in [0.29, 0.717) is 22.4 Å². The predicted molar refractivity (Wildman–Crippen MR) is 113 cm³/mol. The van der Waals surface area contributed by atoms with Crippen molar-refractivity contribution in [3.63, 3.8) is 0 Å². The highest BCUT2D eigenvalue weighted by molar-refractivity contribution is 6.36. The van der Waals surface area contributed by atoms with Crippen molar-refractivity contribution in [1.29, 1.82) is 10.7 Å². The number of halogens is 3. The van der Waals surface area contributed by atoms with E-state index in [2.05, 4.69) is 16.3 Å². The lowest BCUT2D eigenvalue weighted by atomic mass is 9.92. The second-order valence-electron chi connectivity index (χ2n) is 4.62. The highest BCUT2D eigenvalue weighted by Gasteiger charge is 2.21. The van der Waals surface area contributed by atoms with Crippen molar-refractivity contribution in [2.45, 2.75) is 19.8 Å². The smallest absolute Gasteiger partial charge is 0.305 e. The maximum atomic E-state index is 11.0. The molecule has 1 atom stereocenters. The van der Waals surface area contributed by atoms with Crippen molar-refractivity contribution in [3.05, 3.63) is 62.6 Å². The zero-order valence-corrected chi connectivity index (χ0v) is 17.7. The largest absolute Gasteiger partial charge is 0.400 e. The molecule has 2 rings (SSSR count). The Balaban J connectivity index is 0.00000171. The molecule has 0 bridgehead atoms. The van der Waals surface area contributed by atoms with E-state index in [-0.39, 0.29) is 15.7 Å². The normalized spacial score (nSPS) is 10.6. The van der Waals surface area contributed by atoms with Gasteiger partial charge in [-0.15, -0.1) is 10.2 Å². The summed E-state index contributed by atoms with van der Waals surface area (Å²) in [6, 6.07) is 11.9. The molecule has 1 amide bonds. The molecule has 0 aliphatic heterocycles. The molecule has 9 heteroatoms. The molecule has 2 aromatic carbocycles. The molecule has 2 aromatic rings. The molecular formula is C19H19Cl3N4O2. The number of carbonyl (C=O) groups excluding carboxylic acids is 1. The zero-order valence-electron chi connectivity index (χ0n) is 15.4. The third kappa shape index (κ3) is 7.37. The van der Waals surface area contributed by atoms with E-state index < -0.39 is 11.8 Å². The molecule has 1 unspecified atom stereocenters. The van der Waals surface area contributed by atoms with Crippen LogP contribution >= 0.6 is 34.8 Å². The van der Waals surface area contributed by atoms with Crippen LogP contribution in [0, 0.1) is 16.7 Å². The van der Waals surface area contributed by atoms with Crippen LogP contribution in [0.25, 0.3) is 0 Å². The summed E-state index contributed by atoms with van der Waals surface area (Å²) in [5.41, 5.74) is 1.37. The summed E-state index contributed by atoms with van der Waals surface area (Å²) in [5.74, 6) is -1.49. The first kappa shape index (κ1) is 25.7. The monoisotopic (exact) mass is 440 g/mol. The second-order valence-corrected chi connectivity index (χ2v) is 5.87. The van der Waals surface area contributed by atoms with Gasteiger partial charge in [-0.25, -0.2) is 0 Å². The number of hydrogen-bond acceptors (Lipinski definition) is 5. The van der Waals surface area contributed by atoms with Crippen LogP contribution in [0.3, 0.4) is 0 Å². The van der Waals surface area contributed by atoms with Crippen molar-refractivity contribution >= 4 is 52.6 Å². The number of aliphatic hydroxyl groups excluding tert-OH is 1. The van der Waals surface area contributed by atoms with E-state index in [0.717, 1.165) is 7.11 Å². The van der Waals surface area contributed by atoms with Gasteiger partial charge in [0.2, 0.25) is 0 Å². The second kappa shape index (κ2) is 13.8. The summed E-state index contributed by atoms with van der Waals surface area (Å²) in [6.45, 7) is 4.00. The fraction of sp³-hybridized carbons (Fsp3) is 0.211. The van der Waals surface area contributed by atoms with Gasteiger partial charge in [-0.3, -0.25) is 4.79 Å². The van der Waals surface area contributed by atoms with E-state index in [9.17, 15) is 10.1 Å². The number of aliphatic hydroxyl groups is 1. The molecule has 0 saturated heterocycles. The molecule has 2 N–H and O–H groups in total. The predicted octanol–water partition coefficient (Wildman–Crippen LogP) is 6.20. The Kier molecular flexibility index (Phi) is 12.7. The lowest BCUT2D eigenvalue weighted by Crippen LogP contribution is -2.00. The summed E-state index contributed by atoms with van der Waals surface area (Å²) >= 11 is 18.4. The van der Waals surface area contributed by atoms with Gasteiger partial charge in [0.05, 0.1) is 23.9 Å². The zero-order chi connectivity index (χ0) is 21.7. The molecule has 0 aliphatic carbocycles. The number of rotatable bonds is 4. The first-order valence-electron chi connectivity index (χ1n) is 8.01. The van der Waals surface area contributed by atoms with Crippen LogP contribution in [-0.2, 0) is 4.79 Å². The van der Waals surface area contributed by atoms with Gasteiger partial charge in [0, 0.05) is 27.7 Å². The van der Waals surface area contributed by atoms with Gasteiger partial charge in [-0.1, -0.05) is 60.8 Å². The van der Waals surface area contributed by atoms with E-state index in [1.807, 2.05) is 13.8 Å². The lowest BCUT2D eigenvalue weighted by Gasteiger charge is -2.14. The molecule has 0 spiro atoms. The van der Waals surface area contributed by atoms with Gasteiger partial charge in [0.15, 0.2) is 0 Å². The number of nitrogens with one attached hydrogen (secondary N) is 1. The average Bonchev–Trinajstić information content (AvgIpc) is 2.72. The van der Waals surface area contributed by atoms with Gasteiger partial charge >= 0.3 is 5.91 Å². The van der Waals surface area contributed by atoms with Gasteiger partial charge in [0.1, 0.15) is 0 Å². The molecule has 0 aliphatic rings. The number of nitriles is 1. The highest BCUT2D eigenvalue weighted by atomic mass is 35.5. The van der Waals surface area contributed by atoms with Crippen molar-refractivity contribution < 1.29 is 9.90 Å². The van der Waals surface area contributed by atoms with E-state index >= 15 is 0 Å². The van der Waals surface area contributed by atoms with Crippen molar-refractivity contribution in [3.8, 4) is 6.07 Å². The Morgan fingerprint density at radius 2 is 1.64 bits per heavy atom. The molecule has 0 fully saturated rings. The first-order chi connectivity index (χ1) is 13.5. The molecule has 0 saturated carbocycles. The maximum absolute atomic E-state index is 11.0. The fourth-order valence-corrected chi connectivity index (χ4v) is 2.82. The third-order valence-electron chi connectivity index (χ3n) is 3.07. The average molecular weight is 442 g/mol. The van der Waals surface area contributed by atoms with E-state index in [1.165, 1.54) is 12.1 Å². The minimum atomic E-state index is -0.803. The van der Waals surface area contributed by atoms with Crippen molar-refractivity contribution in [1.82, 2.24) is 0 Å². The number of azo groups is 1. The van der Waals surface area contributed by atoms with Crippen LogP contribution in [0.15, 0.2) is 46.6 Å². The third-order valence-corrected chi connectivity index (χ3v) is 3.95. The van der Waals surface area contributed by atoms with Gasteiger partial charge in [0.25, 0.3) is 0 Å². The summed E-state index contributed by atoms with van der Waals surface area (Å²) < 4.78 is 0. The number of benzene rings is 2.